The summed E-state index contributed by atoms with van der Waals surface area (Å²) < 4.78 is 5.33. The topological polar surface area (TPSA) is 96.4 Å². The fourth-order valence-corrected chi connectivity index (χ4v) is 3.20. The number of nitrogens with one attached hydrogen (secondary N) is 1. The SMILES string of the molecule is CCOc1ccc(C(=O)N2CCN(c3ccc(Nc4ccncc4)nn3)CC2)cn1. The molecule has 1 fully saturated rings. The summed E-state index contributed by atoms with van der Waals surface area (Å²) in [5, 5.41) is 11.8. The third-order valence-corrected chi connectivity index (χ3v) is 4.77. The minimum absolute atomic E-state index is 0.0202. The molecule has 154 valence electrons. The Morgan fingerprint density at radius 2 is 1.83 bits per heavy atom. The van der Waals surface area contributed by atoms with E-state index in [4.69, 9.17) is 4.74 Å². The van der Waals surface area contributed by atoms with Gasteiger partial charge in [-0.05, 0) is 37.3 Å². The fraction of sp³-hybridized carbons (Fsp3) is 0.286. The summed E-state index contributed by atoms with van der Waals surface area (Å²) in [5.41, 5.74) is 1.47. The number of nitrogens with zero attached hydrogens (tertiary/aromatic N) is 6. The first-order valence-electron chi connectivity index (χ1n) is 9.87. The highest BCUT2D eigenvalue weighted by molar-refractivity contribution is 5.94. The van der Waals surface area contributed by atoms with Gasteiger partial charge in [-0.15, -0.1) is 10.2 Å². The van der Waals surface area contributed by atoms with Crippen molar-refractivity contribution in [3.63, 3.8) is 0 Å². The van der Waals surface area contributed by atoms with E-state index in [0.717, 1.165) is 11.5 Å². The zero-order valence-corrected chi connectivity index (χ0v) is 16.7. The highest BCUT2D eigenvalue weighted by atomic mass is 16.5. The second-order valence-electron chi connectivity index (χ2n) is 6.74. The van der Waals surface area contributed by atoms with Crippen LogP contribution in [0, 0.1) is 0 Å². The monoisotopic (exact) mass is 405 g/mol. The molecule has 3 aromatic rings. The average molecular weight is 405 g/mol. The molecule has 0 aliphatic carbocycles. The number of anilines is 3. The van der Waals surface area contributed by atoms with E-state index in [1.807, 2.05) is 36.1 Å². The van der Waals surface area contributed by atoms with Crippen molar-refractivity contribution in [3.8, 4) is 5.88 Å². The van der Waals surface area contributed by atoms with Crippen LogP contribution < -0.4 is 15.0 Å². The van der Waals surface area contributed by atoms with Crippen LogP contribution in [0.15, 0.2) is 55.0 Å². The van der Waals surface area contributed by atoms with Gasteiger partial charge < -0.3 is 19.9 Å². The maximum atomic E-state index is 12.7. The molecule has 4 heterocycles. The van der Waals surface area contributed by atoms with E-state index >= 15 is 0 Å². The van der Waals surface area contributed by atoms with Crippen molar-refractivity contribution in [1.82, 2.24) is 25.1 Å². The van der Waals surface area contributed by atoms with Crippen molar-refractivity contribution < 1.29 is 9.53 Å². The smallest absolute Gasteiger partial charge is 0.255 e. The number of rotatable bonds is 6. The first-order chi connectivity index (χ1) is 14.7. The molecule has 3 aromatic heterocycles. The van der Waals surface area contributed by atoms with Crippen LogP contribution >= 0.6 is 0 Å². The van der Waals surface area contributed by atoms with Crippen molar-refractivity contribution >= 4 is 23.2 Å². The van der Waals surface area contributed by atoms with Crippen LogP contribution in [0.4, 0.5) is 17.3 Å². The molecule has 1 aliphatic rings. The summed E-state index contributed by atoms with van der Waals surface area (Å²) in [6.45, 7) is 5.07. The van der Waals surface area contributed by atoms with Gasteiger partial charge in [0.1, 0.15) is 0 Å². The molecule has 30 heavy (non-hydrogen) atoms. The Kier molecular flexibility index (Phi) is 5.98. The number of hydrogen-bond donors (Lipinski definition) is 1. The van der Waals surface area contributed by atoms with Gasteiger partial charge in [-0.1, -0.05) is 0 Å². The first kappa shape index (κ1) is 19.6. The van der Waals surface area contributed by atoms with Gasteiger partial charge >= 0.3 is 0 Å². The number of ether oxygens (including phenoxy) is 1. The Balaban J connectivity index is 1.32. The molecular weight excluding hydrogens is 382 g/mol. The van der Waals surface area contributed by atoms with Gasteiger partial charge in [0, 0.05) is 56.5 Å². The molecule has 0 unspecified atom stereocenters. The Labute approximate surface area is 174 Å². The van der Waals surface area contributed by atoms with Gasteiger partial charge in [-0.25, -0.2) is 4.98 Å². The lowest BCUT2D eigenvalue weighted by molar-refractivity contribution is 0.0746. The molecule has 9 heteroatoms. The first-order valence-corrected chi connectivity index (χ1v) is 9.87. The Bertz CT molecular complexity index is 957. The van der Waals surface area contributed by atoms with Crippen LogP contribution in [0.3, 0.4) is 0 Å². The summed E-state index contributed by atoms with van der Waals surface area (Å²) in [5.74, 6) is 1.97. The molecule has 9 nitrogen and oxygen atoms in total. The van der Waals surface area contributed by atoms with Crippen molar-refractivity contribution in [2.24, 2.45) is 0 Å². The second kappa shape index (κ2) is 9.17. The Morgan fingerprint density at radius 3 is 2.47 bits per heavy atom. The van der Waals surface area contributed by atoms with Crippen LogP contribution in [-0.2, 0) is 0 Å². The van der Waals surface area contributed by atoms with Crippen LogP contribution in [-0.4, -0.2) is 63.8 Å². The molecule has 0 radical (unpaired) electrons. The number of carbonyl (C=O) groups excluding carboxylic acids is 1. The Morgan fingerprint density at radius 1 is 1.03 bits per heavy atom. The number of amides is 1. The molecule has 0 spiro atoms. The molecular formula is C21H23N7O2. The largest absolute Gasteiger partial charge is 0.478 e. The Hall–Kier alpha value is -3.75. The van der Waals surface area contributed by atoms with Crippen LogP contribution in [0.5, 0.6) is 5.88 Å². The average Bonchev–Trinajstić information content (AvgIpc) is 2.81. The van der Waals surface area contributed by atoms with E-state index in [1.165, 1.54) is 0 Å². The van der Waals surface area contributed by atoms with Gasteiger partial charge in [0.2, 0.25) is 5.88 Å². The van der Waals surface area contributed by atoms with E-state index < -0.39 is 0 Å². The van der Waals surface area contributed by atoms with E-state index in [0.29, 0.717) is 50.0 Å². The second-order valence-corrected chi connectivity index (χ2v) is 6.74. The number of hydrogen-bond acceptors (Lipinski definition) is 8. The molecule has 0 atom stereocenters. The maximum Gasteiger partial charge on any atom is 0.255 e. The number of pyridine rings is 2. The van der Waals surface area contributed by atoms with E-state index in [-0.39, 0.29) is 5.91 Å². The van der Waals surface area contributed by atoms with E-state index in [9.17, 15) is 4.79 Å². The molecule has 1 N–H and O–H groups in total. The predicted octanol–water partition coefficient (Wildman–Crippen LogP) is 2.37. The van der Waals surface area contributed by atoms with Crippen molar-refractivity contribution in [2.75, 3.05) is 43.0 Å². The lowest BCUT2D eigenvalue weighted by Gasteiger charge is -2.35. The number of carbonyl (C=O) groups is 1. The third kappa shape index (κ3) is 4.62. The van der Waals surface area contributed by atoms with Gasteiger partial charge in [-0.2, -0.15) is 0 Å². The zero-order chi connectivity index (χ0) is 20.8. The summed E-state index contributed by atoms with van der Waals surface area (Å²) in [4.78, 5) is 24.8. The molecule has 0 saturated carbocycles. The van der Waals surface area contributed by atoms with Crippen molar-refractivity contribution in [1.29, 1.82) is 0 Å². The minimum atomic E-state index is -0.0202. The number of aromatic nitrogens is 4. The van der Waals surface area contributed by atoms with Gasteiger partial charge in [-0.3, -0.25) is 9.78 Å². The molecule has 1 aliphatic heterocycles. The van der Waals surface area contributed by atoms with Crippen LogP contribution in [0.25, 0.3) is 0 Å². The fourth-order valence-electron chi connectivity index (χ4n) is 3.20. The lowest BCUT2D eigenvalue weighted by atomic mass is 10.2. The molecule has 1 amide bonds. The van der Waals surface area contributed by atoms with Crippen molar-refractivity contribution in [2.45, 2.75) is 6.92 Å². The molecule has 1 saturated heterocycles. The minimum Gasteiger partial charge on any atom is -0.478 e. The normalized spacial score (nSPS) is 13.8. The summed E-state index contributed by atoms with van der Waals surface area (Å²) in [6, 6.07) is 11.0. The predicted molar refractivity (Wildman–Crippen MR) is 113 cm³/mol. The molecule has 0 aromatic carbocycles. The lowest BCUT2D eigenvalue weighted by Crippen LogP contribution is -2.49. The maximum absolute atomic E-state index is 12.7. The van der Waals surface area contributed by atoms with Gasteiger partial charge in [0.25, 0.3) is 5.91 Å². The standard InChI is InChI=1S/C21H23N7O2/c1-2-30-20-6-3-16(15-23-20)21(29)28-13-11-27(12-14-28)19-5-4-18(25-26-19)24-17-7-9-22-10-8-17/h3-10,15H,2,11-14H2,1H3,(H,22,24,25). The quantitative estimate of drug-likeness (QED) is 0.668. The highest BCUT2D eigenvalue weighted by Crippen LogP contribution is 2.18. The van der Waals surface area contributed by atoms with E-state index in [2.05, 4.69) is 30.4 Å². The van der Waals surface area contributed by atoms with Crippen LogP contribution in [0.1, 0.15) is 17.3 Å². The molecule has 0 bridgehead atoms. The summed E-state index contributed by atoms with van der Waals surface area (Å²) >= 11 is 0. The van der Waals surface area contributed by atoms with Gasteiger partial charge in [0.15, 0.2) is 11.6 Å². The van der Waals surface area contributed by atoms with E-state index in [1.54, 1.807) is 30.7 Å². The summed E-state index contributed by atoms with van der Waals surface area (Å²) in [6.07, 6.45) is 5.00. The summed E-state index contributed by atoms with van der Waals surface area (Å²) in [7, 11) is 0. The highest BCUT2D eigenvalue weighted by Gasteiger charge is 2.23. The van der Waals surface area contributed by atoms with Crippen LogP contribution in [0.2, 0.25) is 0 Å². The number of piperazine rings is 1. The third-order valence-electron chi connectivity index (χ3n) is 4.77. The zero-order valence-electron chi connectivity index (χ0n) is 16.7. The molecule has 4 rings (SSSR count). The van der Waals surface area contributed by atoms with Gasteiger partial charge in [0.05, 0.1) is 12.2 Å². The van der Waals surface area contributed by atoms with Crippen molar-refractivity contribution in [3.05, 3.63) is 60.6 Å².